The fraction of sp³-hybridized carbons (Fsp3) is 0.500. The third kappa shape index (κ3) is 7.60. The molecule has 0 saturated heterocycles. The molecule has 5 nitrogen and oxygen atoms in total. The number of allylic oxidation sites excluding steroid dienone is 1. The lowest BCUT2D eigenvalue weighted by molar-refractivity contribution is -0.155. The normalized spacial score (nSPS) is 14.6. The maximum absolute atomic E-state index is 13.5. The maximum atomic E-state index is 13.5. The second kappa shape index (κ2) is 11.9. The first-order chi connectivity index (χ1) is 17.7. The minimum Gasteiger partial charge on any atom is -0.493 e. The minimum atomic E-state index is -4.41. The summed E-state index contributed by atoms with van der Waals surface area (Å²) >= 11 is 0. The molecular formula is C30H39F3N2O3. The molecule has 8 heteroatoms. The third-order valence-corrected chi connectivity index (χ3v) is 6.92. The number of esters is 1. The van der Waals surface area contributed by atoms with Crippen LogP contribution in [0.5, 0.6) is 5.75 Å². The molecule has 1 atom stereocenters. The van der Waals surface area contributed by atoms with E-state index in [9.17, 15) is 18.0 Å². The second-order valence-corrected chi connectivity index (χ2v) is 11.3. The minimum absolute atomic E-state index is 0.201. The highest BCUT2D eigenvalue weighted by Crippen LogP contribution is 2.41. The molecule has 0 bridgehead atoms. The summed E-state index contributed by atoms with van der Waals surface area (Å²) in [5, 5.41) is 0. The van der Waals surface area contributed by atoms with Gasteiger partial charge >= 0.3 is 12.1 Å². The van der Waals surface area contributed by atoms with E-state index in [1.165, 1.54) is 12.1 Å². The second-order valence-electron chi connectivity index (χ2n) is 11.3. The number of carbonyl (C=O) groups excluding carboxylic acids is 1. The maximum Gasteiger partial charge on any atom is 0.416 e. The number of halogens is 3. The molecule has 4 N–H and O–H groups in total. The Morgan fingerprint density at radius 1 is 0.974 bits per heavy atom. The van der Waals surface area contributed by atoms with Gasteiger partial charge in [-0.05, 0) is 82.2 Å². The van der Waals surface area contributed by atoms with Crippen LogP contribution >= 0.6 is 0 Å². The van der Waals surface area contributed by atoms with Crippen LogP contribution < -0.4 is 16.2 Å². The van der Waals surface area contributed by atoms with Gasteiger partial charge in [-0.3, -0.25) is 4.79 Å². The van der Waals surface area contributed by atoms with Crippen molar-refractivity contribution in [2.75, 3.05) is 13.2 Å². The van der Waals surface area contributed by atoms with Crippen LogP contribution in [0.25, 0.3) is 11.6 Å². The van der Waals surface area contributed by atoms with Gasteiger partial charge in [0, 0.05) is 23.6 Å². The predicted octanol–water partition coefficient (Wildman–Crippen LogP) is 6.38. The smallest absolute Gasteiger partial charge is 0.416 e. The zero-order chi connectivity index (χ0) is 28.1. The van der Waals surface area contributed by atoms with E-state index in [-0.39, 0.29) is 11.5 Å². The molecule has 0 heterocycles. The first-order valence-electron chi connectivity index (χ1n) is 13.0. The van der Waals surface area contributed by atoms with E-state index in [0.717, 1.165) is 30.0 Å². The van der Waals surface area contributed by atoms with Crippen LogP contribution in [0.3, 0.4) is 0 Å². The number of hydrogen-bond acceptors (Lipinski definition) is 5. The zero-order valence-corrected chi connectivity index (χ0v) is 22.7. The Morgan fingerprint density at radius 2 is 1.66 bits per heavy atom. The van der Waals surface area contributed by atoms with Gasteiger partial charge in [0.2, 0.25) is 0 Å². The summed E-state index contributed by atoms with van der Waals surface area (Å²) in [6.07, 6.45) is 0.521. The van der Waals surface area contributed by atoms with Crippen LogP contribution in [0.4, 0.5) is 13.2 Å². The summed E-state index contributed by atoms with van der Waals surface area (Å²) in [5.41, 5.74) is 12.9. The molecule has 38 heavy (non-hydrogen) atoms. The fourth-order valence-corrected chi connectivity index (χ4v) is 4.54. The highest BCUT2D eigenvalue weighted by Gasteiger charge is 2.38. The standard InChI is InChI=1S/C30H39F3N2O3/c1-28(2,35)19-26(34)29(3,4)27(36)38-16-9-5-8-15-37-25-14-10-11-20-17-21(18-23(20)25)22-12-6-7-13-24(22)30(31,32)33/h6-7,10-14,17,26H,5,8-9,15-16,18-19,34-35H2,1-4H3. The van der Waals surface area contributed by atoms with Crippen molar-refractivity contribution in [3.8, 4) is 5.75 Å². The molecule has 0 spiro atoms. The van der Waals surface area contributed by atoms with Crippen molar-refractivity contribution in [3.63, 3.8) is 0 Å². The number of nitrogens with two attached hydrogens (primary N) is 2. The van der Waals surface area contributed by atoms with Crippen molar-refractivity contribution in [2.45, 2.75) is 77.6 Å². The summed E-state index contributed by atoms with van der Waals surface area (Å²) in [7, 11) is 0. The van der Waals surface area contributed by atoms with Crippen molar-refractivity contribution >= 4 is 17.6 Å². The molecule has 1 unspecified atom stereocenters. The number of benzene rings is 2. The van der Waals surface area contributed by atoms with Crippen molar-refractivity contribution in [2.24, 2.45) is 16.9 Å². The van der Waals surface area contributed by atoms with E-state index >= 15 is 0 Å². The van der Waals surface area contributed by atoms with Gasteiger partial charge in [0.1, 0.15) is 5.75 Å². The van der Waals surface area contributed by atoms with Crippen LogP contribution in [0, 0.1) is 5.41 Å². The average Bonchev–Trinajstić information content (AvgIpc) is 3.26. The Hall–Kier alpha value is -2.84. The monoisotopic (exact) mass is 532 g/mol. The Bertz CT molecular complexity index is 1150. The number of ether oxygens (including phenoxy) is 2. The van der Waals surface area contributed by atoms with Crippen LogP contribution in [0.1, 0.15) is 75.6 Å². The molecule has 0 fully saturated rings. The van der Waals surface area contributed by atoms with E-state index < -0.39 is 28.7 Å². The van der Waals surface area contributed by atoms with Gasteiger partial charge in [0.05, 0.1) is 24.2 Å². The molecule has 0 aromatic heterocycles. The van der Waals surface area contributed by atoms with Crippen LogP contribution in [0.15, 0.2) is 42.5 Å². The summed E-state index contributed by atoms with van der Waals surface area (Å²) in [6, 6.07) is 10.8. The van der Waals surface area contributed by atoms with E-state index in [4.69, 9.17) is 20.9 Å². The molecule has 2 aromatic rings. The molecule has 0 saturated carbocycles. The molecule has 208 valence electrons. The number of unbranched alkanes of at least 4 members (excludes halogenated alkanes) is 2. The highest BCUT2D eigenvalue weighted by molar-refractivity contribution is 5.90. The molecule has 1 aliphatic rings. The Morgan fingerprint density at radius 3 is 2.34 bits per heavy atom. The van der Waals surface area contributed by atoms with Crippen LogP contribution in [-0.4, -0.2) is 30.8 Å². The molecule has 0 aliphatic heterocycles. The summed E-state index contributed by atoms with van der Waals surface area (Å²) in [6.45, 7) is 8.07. The average molecular weight is 533 g/mol. The van der Waals surface area contributed by atoms with Crippen molar-refractivity contribution < 1.29 is 27.4 Å². The van der Waals surface area contributed by atoms with E-state index in [1.54, 1.807) is 19.9 Å². The predicted molar refractivity (Wildman–Crippen MR) is 144 cm³/mol. The van der Waals surface area contributed by atoms with Crippen LogP contribution in [-0.2, 0) is 22.1 Å². The van der Waals surface area contributed by atoms with Gasteiger partial charge in [0.15, 0.2) is 0 Å². The Kier molecular flexibility index (Phi) is 9.31. The zero-order valence-electron chi connectivity index (χ0n) is 22.7. The lowest BCUT2D eigenvalue weighted by Gasteiger charge is -2.33. The number of hydrogen-bond donors (Lipinski definition) is 2. The van der Waals surface area contributed by atoms with Crippen molar-refractivity contribution in [3.05, 3.63) is 64.7 Å². The fourth-order valence-electron chi connectivity index (χ4n) is 4.54. The Labute approximate surface area is 223 Å². The molecule has 1 aliphatic carbocycles. The topological polar surface area (TPSA) is 87.6 Å². The third-order valence-electron chi connectivity index (χ3n) is 6.92. The van der Waals surface area contributed by atoms with Gasteiger partial charge in [0.25, 0.3) is 0 Å². The quantitative estimate of drug-likeness (QED) is 0.245. The molecular weight excluding hydrogens is 493 g/mol. The molecule has 0 amide bonds. The number of alkyl halides is 3. The highest BCUT2D eigenvalue weighted by atomic mass is 19.4. The van der Waals surface area contributed by atoms with Gasteiger partial charge in [-0.15, -0.1) is 0 Å². The summed E-state index contributed by atoms with van der Waals surface area (Å²) in [4.78, 5) is 12.5. The van der Waals surface area contributed by atoms with Gasteiger partial charge in [-0.1, -0.05) is 36.4 Å². The van der Waals surface area contributed by atoms with E-state index in [2.05, 4.69) is 0 Å². The number of rotatable bonds is 12. The molecule has 2 aromatic carbocycles. The van der Waals surface area contributed by atoms with Gasteiger partial charge < -0.3 is 20.9 Å². The summed E-state index contributed by atoms with van der Waals surface area (Å²) in [5.74, 6) is 0.351. The van der Waals surface area contributed by atoms with Crippen molar-refractivity contribution in [1.82, 2.24) is 0 Å². The first kappa shape index (κ1) is 29.7. The SMILES string of the molecule is CC(C)(N)CC(N)C(C)(C)C(=O)OCCCCCOc1cccc2c1CC(c1ccccc1C(F)(F)F)=C2. The number of carbonyl (C=O) groups is 1. The molecule has 3 rings (SSSR count). The largest absolute Gasteiger partial charge is 0.493 e. The lowest BCUT2D eigenvalue weighted by Crippen LogP contribution is -2.50. The van der Waals surface area contributed by atoms with Crippen molar-refractivity contribution in [1.29, 1.82) is 0 Å². The lowest BCUT2D eigenvalue weighted by atomic mass is 9.79. The van der Waals surface area contributed by atoms with E-state index in [1.807, 2.05) is 38.1 Å². The van der Waals surface area contributed by atoms with Crippen LogP contribution in [0.2, 0.25) is 0 Å². The van der Waals surface area contributed by atoms with Gasteiger partial charge in [-0.25, -0.2) is 0 Å². The molecule has 0 radical (unpaired) electrons. The summed E-state index contributed by atoms with van der Waals surface area (Å²) < 4.78 is 52.0. The Balaban J connectivity index is 1.45. The first-order valence-corrected chi connectivity index (χ1v) is 13.0. The number of fused-ring (bicyclic) bond motifs is 1. The van der Waals surface area contributed by atoms with E-state index in [0.29, 0.717) is 43.8 Å². The van der Waals surface area contributed by atoms with Gasteiger partial charge in [-0.2, -0.15) is 13.2 Å².